The zero-order valence-electron chi connectivity index (χ0n) is 14.3. The lowest BCUT2D eigenvalue weighted by molar-refractivity contribution is 0.0699. The van der Waals surface area contributed by atoms with Gasteiger partial charge >= 0.3 is 5.97 Å². The van der Waals surface area contributed by atoms with Crippen LogP contribution in [0.2, 0.25) is 5.02 Å². The van der Waals surface area contributed by atoms with Crippen LogP contribution in [0.5, 0.6) is 0 Å². The van der Waals surface area contributed by atoms with Crippen LogP contribution in [-0.4, -0.2) is 32.2 Å². The molecule has 0 bridgehead atoms. The van der Waals surface area contributed by atoms with Crippen molar-refractivity contribution < 1.29 is 14.7 Å². The van der Waals surface area contributed by atoms with Gasteiger partial charge in [0.2, 0.25) is 5.82 Å². The molecule has 1 amide bonds. The van der Waals surface area contributed by atoms with E-state index in [0.717, 1.165) is 0 Å². The van der Waals surface area contributed by atoms with Gasteiger partial charge in [-0.2, -0.15) is 0 Å². The predicted octanol–water partition coefficient (Wildman–Crippen LogP) is 4.49. The normalized spacial score (nSPS) is 10.3. The number of hydrogen-bond acceptors (Lipinski definition) is 6. The molecular weight excluding hydrogens is 400 g/mol. The smallest absolute Gasteiger partial charge is 0.339 e. The Hall–Kier alpha value is -3.36. The predicted molar refractivity (Wildman–Crippen MR) is 110 cm³/mol. The number of halogens is 1. The summed E-state index contributed by atoms with van der Waals surface area (Å²) in [4.78, 5) is 28.9. The van der Waals surface area contributed by atoms with Gasteiger partial charge < -0.3 is 10.4 Å². The Balaban J connectivity index is 1.95. The number of carboxylic acids is 1. The van der Waals surface area contributed by atoms with E-state index in [9.17, 15) is 14.7 Å². The molecule has 0 atom stereocenters. The summed E-state index contributed by atoms with van der Waals surface area (Å²) in [6, 6.07) is 6.75. The van der Waals surface area contributed by atoms with Gasteiger partial charge in [-0.25, -0.2) is 9.78 Å². The molecule has 0 saturated carbocycles. The molecule has 3 rings (SSSR count). The Morgan fingerprint density at radius 1 is 1.11 bits per heavy atom. The number of nitrogens with zero attached hydrogens (tertiary/aromatic N) is 3. The molecule has 0 spiro atoms. The van der Waals surface area contributed by atoms with E-state index in [-0.39, 0.29) is 17.1 Å². The summed E-state index contributed by atoms with van der Waals surface area (Å²) in [6.07, 6.45) is 2.87. The van der Waals surface area contributed by atoms with Crippen molar-refractivity contribution in [3.8, 4) is 10.4 Å². The van der Waals surface area contributed by atoms with Crippen molar-refractivity contribution in [1.82, 2.24) is 15.2 Å². The number of aromatic carboxylic acids is 1. The first-order chi connectivity index (χ1) is 13.4. The zero-order valence-corrected chi connectivity index (χ0v) is 15.9. The number of carbonyl (C=O) groups excluding carboxylic acids is 1. The summed E-state index contributed by atoms with van der Waals surface area (Å²) in [5.41, 5.74) is 1.53. The molecule has 28 heavy (non-hydrogen) atoms. The molecule has 2 N–H and O–H groups in total. The quantitative estimate of drug-likeness (QED) is 0.618. The van der Waals surface area contributed by atoms with E-state index in [4.69, 9.17) is 11.6 Å². The van der Waals surface area contributed by atoms with Crippen LogP contribution in [0.1, 0.15) is 32.4 Å². The number of aromatic nitrogens is 3. The number of hydrogen-bond donors (Lipinski definition) is 2. The molecule has 1 aromatic carbocycles. The highest BCUT2D eigenvalue weighted by Crippen LogP contribution is 2.36. The number of carboxylic acid groups (broad SMARTS) is 1. The first kappa shape index (κ1) is 19.4. The van der Waals surface area contributed by atoms with E-state index in [1.54, 1.807) is 29.6 Å². The van der Waals surface area contributed by atoms with E-state index in [2.05, 4.69) is 33.7 Å². The average molecular weight is 413 g/mol. The largest absolute Gasteiger partial charge is 0.478 e. The van der Waals surface area contributed by atoms with Crippen LogP contribution in [0, 0.1) is 0 Å². The van der Waals surface area contributed by atoms with Crippen LogP contribution in [0.4, 0.5) is 5.69 Å². The van der Waals surface area contributed by atoms with Crippen LogP contribution in [0.15, 0.2) is 42.8 Å². The van der Waals surface area contributed by atoms with Crippen molar-refractivity contribution in [2.75, 3.05) is 5.32 Å². The van der Waals surface area contributed by atoms with Gasteiger partial charge in [-0.3, -0.25) is 4.79 Å². The lowest BCUT2D eigenvalue weighted by Crippen LogP contribution is -2.18. The zero-order chi connectivity index (χ0) is 20.3. The molecule has 9 heteroatoms. The highest BCUT2D eigenvalue weighted by atomic mass is 35.5. The molecule has 0 saturated heterocycles. The van der Waals surface area contributed by atoms with Gasteiger partial charge in [0, 0.05) is 10.4 Å². The van der Waals surface area contributed by atoms with Gasteiger partial charge in [-0.1, -0.05) is 36.9 Å². The number of carbonyl (C=O) groups is 2. The summed E-state index contributed by atoms with van der Waals surface area (Å²) >= 11 is 7.08. The van der Waals surface area contributed by atoms with E-state index < -0.39 is 11.9 Å². The molecule has 2 heterocycles. The highest BCUT2D eigenvalue weighted by molar-refractivity contribution is 7.14. The molecule has 0 aliphatic heterocycles. The summed E-state index contributed by atoms with van der Waals surface area (Å²) in [7, 11) is 0. The maximum atomic E-state index is 12.5. The molecule has 0 unspecified atom stereocenters. The number of nitrogens with one attached hydrogen (secondary N) is 1. The number of rotatable bonds is 6. The number of thiophene rings is 1. The molecule has 3 aromatic rings. The minimum absolute atomic E-state index is 0.0275. The first-order valence-corrected chi connectivity index (χ1v) is 9.12. The Kier molecular flexibility index (Phi) is 5.62. The van der Waals surface area contributed by atoms with Crippen LogP contribution in [-0.2, 0) is 0 Å². The third-order valence-corrected chi connectivity index (χ3v) is 4.97. The van der Waals surface area contributed by atoms with Crippen LogP contribution in [0.3, 0.4) is 0 Å². The third kappa shape index (κ3) is 3.83. The van der Waals surface area contributed by atoms with Gasteiger partial charge in [-0.15, -0.1) is 21.5 Å². The van der Waals surface area contributed by atoms with Gasteiger partial charge in [0.25, 0.3) is 5.91 Å². The summed E-state index contributed by atoms with van der Waals surface area (Å²) in [6.45, 7) is 7.20. The SMILES string of the molecule is C=Cc1nnc(C(=O)Nc2csc(-c3ccc(Cl)cc3)c2C(=O)O)nc1C=C. The van der Waals surface area contributed by atoms with Crippen LogP contribution >= 0.6 is 22.9 Å². The maximum Gasteiger partial charge on any atom is 0.339 e. The number of amides is 1. The molecule has 0 aliphatic carbocycles. The molecule has 0 radical (unpaired) electrons. The monoisotopic (exact) mass is 412 g/mol. The lowest BCUT2D eigenvalue weighted by atomic mass is 10.1. The Morgan fingerprint density at radius 3 is 2.39 bits per heavy atom. The molecule has 7 nitrogen and oxygen atoms in total. The second-order valence-electron chi connectivity index (χ2n) is 5.43. The number of benzene rings is 1. The summed E-state index contributed by atoms with van der Waals surface area (Å²) in [5.74, 6) is -2.07. The van der Waals surface area contributed by atoms with Crippen molar-refractivity contribution in [3.05, 3.63) is 70.6 Å². The fourth-order valence-corrected chi connectivity index (χ4v) is 3.52. The van der Waals surface area contributed by atoms with Crippen molar-refractivity contribution >= 4 is 52.7 Å². The standard InChI is InChI=1S/C19H13ClN4O3S/c1-3-12-13(4-2)23-24-17(21-12)18(25)22-14-9-28-16(15(14)19(26)27)10-5-7-11(20)8-6-10/h3-9H,1-2H2,(H,22,25)(H,26,27). The molecule has 0 aliphatic rings. The molecular formula is C19H13ClN4O3S. The minimum atomic E-state index is -1.17. The molecule has 2 aromatic heterocycles. The molecule has 140 valence electrons. The van der Waals surface area contributed by atoms with Gasteiger partial charge in [0.05, 0.1) is 16.3 Å². The fourth-order valence-electron chi connectivity index (χ4n) is 2.39. The second kappa shape index (κ2) is 8.12. The maximum absolute atomic E-state index is 12.5. The first-order valence-electron chi connectivity index (χ1n) is 7.86. The van der Waals surface area contributed by atoms with Crippen molar-refractivity contribution in [1.29, 1.82) is 0 Å². The minimum Gasteiger partial charge on any atom is -0.478 e. The van der Waals surface area contributed by atoms with Crippen LogP contribution in [0.25, 0.3) is 22.6 Å². The van der Waals surface area contributed by atoms with Gasteiger partial charge in [0.15, 0.2) is 0 Å². The van der Waals surface area contributed by atoms with Crippen molar-refractivity contribution in [2.45, 2.75) is 0 Å². The second-order valence-corrected chi connectivity index (χ2v) is 6.75. The lowest BCUT2D eigenvalue weighted by Gasteiger charge is -2.06. The van der Waals surface area contributed by atoms with E-state index in [0.29, 0.717) is 26.9 Å². The van der Waals surface area contributed by atoms with Crippen LogP contribution < -0.4 is 5.32 Å². The average Bonchev–Trinajstić information content (AvgIpc) is 3.11. The summed E-state index contributed by atoms with van der Waals surface area (Å²) < 4.78 is 0. The topological polar surface area (TPSA) is 105 Å². The fraction of sp³-hybridized carbons (Fsp3) is 0. The summed E-state index contributed by atoms with van der Waals surface area (Å²) in [5, 5.41) is 21.9. The third-order valence-electron chi connectivity index (χ3n) is 3.69. The number of anilines is 1. The van der Waals surface area contributed by atoms with Crippen molar-refractivity contribution in [3.63, 3.8) is 0 Å². The Labute approximate surface area is 169 Å². The van der Waals surface area contributed by atoms with E-state index in [1.165, 1.54) is 23.5 Å². The Bertz CT molecular complexity index is 1090. The van der Waals surface area contributed by atoms with Gasteiger partial charge in [0.1, 0.15) is 11.3 Å². The Morgan fingerprint density at radius 2 is 1.79 bits per heavy atom. The van der Waals surface area contributed by atoms with Gasteiger partial charge in [-0.05, 0) is 29.8 Å². The molecule has 0 fully saturated rings. The van der Waals surface area contributed by atoms with Crippen molar-refractivity contribution in [2.24, 2.45) is 0 Å². The van der Waals surface area contributed by atoms with E-state index >= 15 is 0 Å². The highest BCUT2D eigenvalue weighted by Gasteiger charge is 2.22. The van der Waals surface area contributed by atoms with E-state index in [1.807, 2.05) is 0 Å².